The highest BCUT2D eigenvalue weighted by Gasteiger charge is 2.48. The average molecular weight is 623 g/mol. The second kappa shape index (κ2) is 11.3. The first-order valence-electron chi connectivity index (χ1n) is 15.8. The topological polar surface area (TPSA) is 130 Å². The maximum absolute atomic E-state index is 14.2. The molecule has 4 aromatic rings. The minimum absolute atomic E-state index is 0.0124. The lowest BCUT2D eigenvalue weighted by Crippen LogP contribution is -2.63. The number of nitrogens with zero attached hydrogens (tertiary/aromatic N) is 5. The predicted octanol–water partition coefficient (Wildman–Crippen LogP) is 3.46. The van der Waals surface area contributed by atoms with Crippen LogP contribution in [0, 0.1) is 5.92 Å². The summed E-state index contributed by atoms with van der Waals surface area (Å²) < 4.78 is 16.2. The monoisotopic (exact) mass is 622 g/mol. The van der Waals surface area contributed by atoms with Crippen LogP contribution in [0.25, 0.3) is 10.9 Å². The fraction of sp³-hybridized carbons (Fsp3) is 0.382. The van der Waals surface area contributed by atoms with E-state index in [2.05, 4.69) is 25.9 Å². The number of piperazine rings is 1. The van der Waals surface area contributed by atoms with Gasteiger partial charge >= 0.3 is 5.97 Å². The van der Waals surface area contributed by atoms with Crippen molar-refractivity contribution in [2.75, 3.05) is 44.5 Å². The van der Waals surface area contributed by atoms with Gasteiger partial charge in [0.05, 0.1) is 24.8 Å². The Balaban J connectivity index is 1.01. The van der Waals surface area contributed by atoms with Crippen LogP contribution in [-0.4, -0.2) is 88.2 Å². The maximum Gasteiger partial charge on any atom is 0.341 e. The zero-order valence-electron chi connectivity index (χ0n) is 25.5. The molecular weight excluding hydrogens is 588 g/mol. The number of hydrogen-bond acceptors (Lipinski definition) is 9. The zero-order chi connectivity index (χ0) is 31.4. The Morgan fingerprint density at radius 2 is 1.83 bits per heavy atom. The number of hydrogen-bond donors (Lipinski definition) is 1. The Hall–Kier alpha value is -5.13. The smallest absolute Gasteiger partial charge is 0.341 e. The quantitative estimate of drug-likeness (QED) is 0.321. The normalized spacial score (nSPS) is 21.0. The lowest BCUT2D eigenvalue weighted by molar-refractivity contribution is -0.159. The molecule has 0 aliphatic carbocycles. The molecule has 46 heavy (non-hydrogen) atoms. The molecule has 0 saturated carbocycles. The van der Waals surface area contributed by atoms with E-state index in [-0.39, 0.29) is 31.1 Å². The first kappa shape index (κ1) is 28.4. The number of carbonyl (C=O) groups excluding carboxylic acids is 3. The molecule has 2 amide bonds. The van der Waals surface area contributed by atoms with E-state index >= 15 is 0 Å². The first-order chi connectivity index (χ1) is 22.5. The van der Waals surface area contributed by atoms with Crippen LogP contribution in [0.3, 0.4) is 0 Å². The number of esters is 1. The zero-order valence-corrected chi connectivity index (χ0v) is 25.5. The number of para-hydroxylation sites is 1. The van der Waals surface area contributed by atoms with Gasteiger partial charge < -0.3 is 33.9 Å². The third-order valence-electron chi connectivity index (χ3n) is 9.58. The van der Waals surface area contributed by atoms with Gasteiger partial charge in [0, 0.05) is 55.0 Å². The number of amides is 2. The second-order valence-electron chi connectivity index (χ2n) is 12.2. The van der Waals surface area contributed by atoms with Gasteiger partial charge in [0.25, 0.3) is 0 Å². The molecular formula is C34H34N6O6. The summed E-state index contributed by atoms with van der Waals surface area (Å²) in [5, 5.41) is 1.07. The molecule has 8 rings (SSSR count). The number of aromatic nitrogens is 3. The number of ether oxygens (including phenoxy) is 3. The van der Waals surface area contributed by atoms with E-state index in [1.165, 1.54) is 12.4 Å². The Bertz CT molecular complexity index is 1830. The van der Waals surface area contributed by atoms with Crippen LogP contribution in [0.2, 0.25) is 0 Å². The standard InChI is InChI=1S/C34H34N6O6/c1-2-44-33(43)22-15-35-34(36-16-22)38-11-9-20(10-12-38)17-39-18-29(41)40-26(32(39)42)14-24-23-5-3-4-6-25(23)37-30(24)31(40)21-7-8-27-28(13-21)46-19-45-27/h3-8,13,15-16,20,26,31,37H,2,9-12,14,17-19H2,1H3. The molecule has 4 aliphatic rings. The van der Waals surface area contributed by atoms with Gasteiger partial charge in [0.15, 0.2) is 11.5 Å². The van der Waals surface area contributed by atoms with Crippen molar-refractivity contribution in [1.82, 2.24) is 24.8 Å². The number of piperidine rings is 1. The summed E-state index contributed by atoms with van der Waals surface area (Å²) in [6.07, 6.45) is 5.12. The lowest BCUT2D eigenvalue weighted by atomic mass is 9.85. The van der Waals surface area contributed by atoms with Crippen LogP contribution < -0.4 is 14.4 Å². The van der Waals surface area contributed by atoms with Crippen LogP contribution in [0.4, 0.5) is 5.95 Å². The van der Waals surface area contributed by atoms with Crippen LogP contribution in [0.15, 0.2) is 54.9 Å². The Morgan fingerprint density at radius 3 is 2.63 bits per heavy atom. The molecule has 12 heteroatoms. The third kappa shape index (κ3) is 4.79. The van der Waals surface area contributed by atoms with Crippen molar-refractivity contribution in [3.8, 4) is 11.5 Å². The van der Waals surface area contributed by atoms with E-state index in [9.17, 15) is 14.4 Å². The second-order valence-corrected chi connectivity index (χ2v) is 12.2. The van der Waals surface area contributed by atoms with Crippen molar-refractivity contribution in [2.45, 2.75) is 38.3 Å². The minimum atomic E-state index is -0.602. The molecule has 0 radical (unpaired) electrons. The largest absolute Gasteiger partial charge is 0.462 e. The van der Waals surface area contributed by atoms with Crippen molar-refractivity contribution in [3.63, 3.8) is 0 Å². The van der Waals surface area contributed by atoms with Gasteiger partial charge in [-0.15, -0.1) is 0 Å². The van der Waals surface area contributed by atoms with E-state index < -0.39 is 18.1 Å². The van der Waals surface area contributed by atoms with Gasteiger partial charge in [-0.3, -0.25) is 9.59 Å². The van der Waals surface area contributed by atoms with Gasteiger partial charge in [-0.2, -0.15) is 0 Å². The summed E-state index contributed by atoms with van der Waals surface area (Å²) in [5.41, 5.74) is 4.20. The Kier molecular flexibility index (Phi) is 6.99. The third-order valence-corrected chi connectivity index (χ3v) is 9.58. The summed E-state index contributed by atoms with van der Waals surface area (Å²) >= 11 is 0. The van der Waals surface area contributed by atoms with Gasteiger partial charge in [-0.05, 0) is 55.0 Å². The summed E-state index contributed by atoms with van der Waals surface area (Å²) in [4.78, 5) is 58.2. The number of H-pyrrole nitrogens is 1. The summed E-state index contributed by atoms with van der Waals surface area (Å²) in [7, 11) is 0. The van der Waals surface area contributed by atoms with E-state index in [1.54, 1.807) is 16.7 Å². The molecule has 1 N–H and O–H groups in total. The molecule has 0 bridgehead atoms. The van der Waals surface area contributed by atoms with E-state index in [0.29, 0.717) is 42.6 Å². The molecule has 2 fully saturated rings. The predicted molar refractivity (Wildman–Crippen MR) is 167 cm³/mol. The van der Waals surface area contributed by atoms with Gasteiger partial charge in [0.1, 0.15) is 6.04 Å². The maximum atomic E-state index is 14.2. The number of carbonyl (C=O) groups is 3. The van der Waals surface area contributed by atoms with E-state index in [1.807, 2.05) is 36.4 Å². The fourth-order valence-corrected chi connectivity index (χ4v) is 7.34. The van der Waals surface area contributed by atoms with Crippen molar-refractivity contribution in [3.05, 3.63) is 77.2 Å². The van der Waals surface area contributed by atoms with Crippen LogP contribution in [-0.2, 0) is 20.7 Å². The summed E-state index contributed by atoms with van der Waals surface area (Å²) in [5.74, 6) is 1.61. The molecule has 6 heterocycles. The molecule has 12 nitrogen and oxygen atoms in total. The molecule has 0 spiro atoms. The molecule has 4 aliphatic heterocycles. The lowest BCUT2D eigenvalue weighted by Gasteiger charge is -2.48. The van der Waals surface area contributed by atoms with Crippen LogP contribution >= 0.6 is 0 Å². The van der Waals surface area contributed by atoms with Crippen LogP contribution in [0.1, 0.15) is 53.0 Å². The van der Waals surface area contributed by atoms with Crippen molar-refractivity contribution in [2.24, 2.45) is 5.92 Å². The highest BCUT2D eigenvalue weighted by atomic mass is 16.7. The van der Waals surface area contributed by atoms with Crippen molar-refractivity contribution >= 4 is 34.6 Å². The fourth-order valence-electron chi connectivity index (χ4n) is 7.34. The van der Waals surface area contributed by atoms with Gasteiger partial charge in [-0.25, -0.2) is 14.8 Å². The number of anilines is 1. The summed E-state index contributed by atoms with van der Waals surface area (Å²) in [6, 6.07) is 12.8. The molecule has 2 unspecified atom stereocenters. The number of fused-ring (bicyclic) bond motifs is 5. The molecule has 2 saturated heterocycles. The number of benzene rings is 2. The van der Waals surface area contributed by atoms with Crippen LogP contribution in [0.5, 0.6) is 11.5 Å². The van der Waals surface area contributed by atoms with Crippen molar-refractivity contribution < 1.29 is 28.6 Å². The SMILES string of the molecule is CCOC(=O)c1cnc(N2CCC(CN3CC(=O)N4C(Cc5c([nH]c6ccccc56)C4c4ccc5c(c4)OCO5)C3=O)CC2)nc1. The first-order valence-corrected chi connectivity index (χ1v) is 15.8. The minimum Gasteiger partial charge on any atom is -0.462 e. The van der Waals surface area contributed by atoms with E-state index in [0.717, 1.165) is 53.7 Å². The molecule has 2 aromatic heterocycles. The number of nitrogens with one attached hydrogen (secondary N) is 1. The average Bonchev–Trinajstić information content (AvgIpc) is 3.71. The molecule has 2 aromatic carbocycles. The highest BCUT2D eigenvalue weighted by Crippen LogP contribution is 2.45. The van der Waals surface area contributed by atoms with Gasteiger partial charge in [0.2, 0.25) is 24.6 Å². The number of aromatic amines is 1. The molecule has 2 atom stereocenters. The van der Waals surface area contributed by atoms with Gasteiger partial charge in [-0.1, -0.05) is 24.3 Å². The molecule has 236 valence electrons. The van der Waals surface area contributed by atoms with Crippen molar-refractivity contribution in [1.29, 1.82) is 0 Å². The Morgan fingerprint density at radius 1 is 1.04 bits per heavy atom. The van der Waals surface area contributed by atoms with E-state index in [4.69, 9.17) is 14.2 Å². The number of rotatable bonds is 6. The highest BCUT2D eigenvalue weighted by molar-refractivity contribution is 5.97. The summed E-state index contributed by atoms with van der Waals surface area (Å²) in [6.45, 7) is 4.23. The Labute approximate surface area is 265 Å².